The summed E-state index contributed by atoms with van der Waals surface area (Å²) in [5.41, 5.74) is 2.74. The maximum absolute atomic E-state index is 12.5. The highest BCUT2D eigenvalue weighted by Crippen LogP contribution is 2.31. The van der Waals surface area contributed by atoms with Crippen LogP contribution in [0.25, 0.3) is 0 Å². The molecular weight excluding hydrogens is 342 g/mol. The van der Waals surface area contributed by atoms with Gasteiger partial charge in [-0.25, -0.2) is 14.8 Å². The highest BCUT2D eigenvalue weighted by Gasteiger charge is 2.28. The van der Waals surface area contributed by atoms with Crippen molar-refractivity contribution in [2.45, 2.75) is 19.1 Å². The van der Waals surface area contributed by atoms with Gasteiger partial charge in [0.05, 0.1) is 12.1 Å². The second kappa shape index (κ2) is 7.37. The second-order valence-electron chi connectivity index (χ2n) is 6.23. The Labute approximate surface area is 156 Å². The van der Waals surface area contributed by atoms with Gasteiger partial charge in [-0.3, -0.25) is 4.79 Å². The first kappa shape index (κ1) is 16.9. The highest BCUT2D eigenvalue weighted by molar-refractivity contribution is 5.97. The van der Waals surface area contributed by atoms with Gasteiger partial charge >= 0.3 is 5.97 Å². The molecule has 0 fully saturated rings. The number of fused-ring (bicyclic) bond motifs is 1. The molecule has 6 heteroatoms. The van der Waals surface area contributed by atoms with Gasteiger partial charge in [-0.05, 0) is 35.4 Å². The van der Waals surface area contributed by atoms with Crippen molar-refractivity contribution in [2.75, 3.05) is 0 Å². The molecule has 4 rings (SSSR count). The molecule has 1 atom stereocenters. The van der Waals surface area contributed by atoms with Crippen LogP contribution in [0.2, 0.25) is 0 Å². The lowest BCUT2D eigenvalue weighted by Gasteiger charge is -2.25. The molecule has 0 aliphatic carbocycles. The van der Waals surface area contributed by atoms with E-state index in [4.69, 9.17) is 4.74 Å². The first-order chi connectivity index (χ1) is 13.2. The van der Waals surface area contributed by atoms with E-state index in [1.54, 1.807) is 36.7 Å². The van der Waals surface area contributed by atoms with Gasteiger partial charge in [0.25, 0.3) is 5.91 Å². The van der Waals surface area contributed by atoms with Crippen LogP contribution in [0.15, 0.2) is 67.0 Å². The summed E-state index contributed by atoms with van der Waals surface area (Å²) in [6, 6.07) is 16.4. The summed E-state index contributed by atoms with van der Waals surface area (Å²) in [7, 11) is 0. The third-order valence-corrected chi connectivity index (χ3v) is 4.44. The molecule has 6 nitrogen and oxygen atoms in total. The van der Waals surface area contributed by atoms with Gasteiger partial charge in [-0.15, -0.1) is 0 Å². The van der Waals surface area contributed by atoms with E-state index in [0.29, 0.717) is 23.4 Å². The number of esters is 1. The molecule has 0 saturated carbocycles. The molecule has 0 radical (unpaired) electrons. The van der Waals surface area contributed by atoms with E-state index >= 15 is 0 Å². The zero-order valence-electron chi connectivity index (χ0n) is 14.5. The first-order valence-electron chi connectivity index (χ1n) is 8.63. The lowest BCUT2D eigenvalue weighted by Crippen LogP contribution is -2.26. The van der Waals surface area contributed by atoms with Crippen LogP contribution in [0.5, 0.6) is 0 Å². The number of amides is 1. The Morgan fingerprint density at radius 1 is 1.07 bits per heavy atom. The Kier molecular flexibility index (Phi) is 4.61. The molecule has 1 amide bonds. The van der Waals surface area contributed by atoms with Gasteiger partial charge < -0.3 is 10.1 Å². The normalized spacial score (nSPS) is 15.6. The number of cyclic esters (lactones) is 1. The van der Waals surface area contributed by atoms with Gasteiger partial charge in [0.1, 0.15) is 11.9 Å². The molecular formula is C21H17N3O3. The van der Waals surface area contributed by atoms with Crippen molar-refractivity contribution >= 4 is 11.9 Å². The minimum absolute atomic E-state index is 0.236. The number of ether oxygens (including phenoxy) is 1. The molecule has 2 aromatic carbocycles. The molecule has 1 aliphatic rings. The number of hydrogen-bond acceptors (Lipinski definition) is 5. The van der Waals surface area contributed by atoms with E-state index in [1.807, 2.05) is 30.3 Å². The van der Waals surface area contributed by atoms with Gasteiger partial charge in [0.15, 0.2) is 0 Å². The van der Waals surface area contributed by atoms with Crippen LogP contribution < -0.4 is 5.32 Å². The molecule has 134 valence electrons. The predicted octanol–water partition coefficient (Wildman–Crippen LogP) is 2.86. The number of benzene rings is 2. The number of nitrogens with one attached hydrogen (secondary N) is 1. The SMILES string of the molecule is O=C(NCc1ncccn1)c1ccc2c(c1)CC(c1ccccc1)OC2=O. The van der Waals surface area contributed by atoms with Crippen molar-refractivity contribution in [2.24, 2.45) is 0 Å². The predicted molar refractivity (Wildman–Crippen MR) is 97.9 cm³/mol. The fraction of sp³-hybridized carbons (Fsp3) is 0.143. The van der Waals surface area contributed by atoms with Crippen molar-refractivity contribution in [1.29, 1.82) is 0 Å². The van der Waals surface area contributed by atoms with Crippen molar-refractivity contribution in [1.82, 2.24) is 15.3 Å². The third-order valence-electron chi connectivity index (χ3n) is 4.44. The van der Waals surface area contributed by atoms with Crippen LogP contribution in [0.1, 0.15) is 43.8 Å². The summed E-state index contributed by atoms with van der Waals surface area (Å²) >= 11 is 0. The summed E-state index contributed by atoms with van der Waals surface area (Å²) in [5, 5.41) is 2.80. The second-order valence-corrected chi connectivity index (χ2v) is 6.23. The summed E-state index contributed by atoms with van der Waals surface area (Å²) in [6.07, 6.45) is 3.45. The topological polar surface area (TPSA) is 81.2 Å². The van der Waals surface area contributed by atoms with E-state index in [-0.39, 0.29) is 24.5 Å². The highest BCUT2D eigenvalue weighted by atomic mass is 16.5. The van der Waals surface area contributed by atoms with Crippen LogP contribution in [-0.4, -0.2) is 21.8 Å². The quantitative estimate of drug-likeness (QED) is 0.725. The van der Waals surface area contributed by atoms with Crippen molar-refractivity contribution < 1.29 is 14.3 Å². The van der Waals surface area contributed by atoms with Gasteiger partial charge in [-0.1, -0.05) is 30.3 Å². The zero-order chi connectivity index (χ0) is 18.6. The standard InChI is InChI=1S/C21H17N3O3/c25-20(24-13-19-22-9-4-10-23-19)15-7-8-17-16(11-15)12-18(27-21(17)26)14-5-2-1-3-6-14/h1-11,18H,12-13H2,(H,24,25). The molecule has 1 unspecified atom stereocenters. The number of rotatable bonds is 4. The smallest absolute Gasteiger partial charge is 0.339 e. The van der Waals surface area contributed by atoms with E-state index in [9.17, 15) is 9.59 Å². The van der Waals surface area contributed by atoms with Crippen LogP contribution in [0.4, 0.5) is 0 Å². The summed E-state index contributed by atoms with van der Waals surface area (Å²) < 4.78 is 5.55. The molecule has 2 heterocycles. The van der Waals surface area contributed by atoms with Crippen LogP contribution in [0.3, 0.4) is 0 Å². The Hall–Kier alpha value is -3.54. The van der Waals surface area contributed by atoms with Gasteiger partial charge in [-0.2, -0.15) is 0 Å². The monoisotopic (exact) mass is 359 g/mol. The average molecular weight is 359 g/mol. The minimum atomic E-state index is -0.366. The van der Waals surface area contributed by atoms with Crippen LogP contribution in [0, 0.1) is 0 Å². The van der Waals surface area contributed by atoms with Crippen LogP contribution >= 0.6 is 0 Å². The number of nitrogens with zero attached hydrogens (tertiary/aromatic N) is 2. The Balaban J connectivity index is 1.52. The maximum atomic E-state index is 12.5. The third kappa shape index (κ3) is 3.69. The van der Waals surface area contributed by atoms with Crippen LogP contribution in [-0.2, 0) is 17.7 Å². The molecule has 27 heavy (non-hydrogen) atoms. The van der Waals surface area contributed by atoms with Crippen molar-refractivity contribution in [3.63, 3.8) is 0 Å². The minimum Gasteiger partial charge on any atom is -0.454 e. The molecule has 1 aliphatic heterocycles. The summed E-state index contributed by atoms with van der Waals surface area (Å²) in [5.74, 6) is -0.0632. The van der Waals surface area contributed by atoms with Crippen molar-refractivity contribution in [3.8, 4) is 0 Å². The fourth-order valence-electron chi connectivity index (χ4n) is 3.07. The summed E-state index contributed by atoms with van der Waals surface area (Å²) in [6.45, 7) is 0.242. The molecule has 0 bridgehead atoms. The van der Waals surface area contributed by atoms with E-state index in [2.05, 4.69) is 15.3 Å². The molecule has 3 aromatic rings. The maximum Gasteiger partial charge on any atom is 0.339 e. The molecule has 0 saturated heterocycles. The zero-order valence-corrected chi connectivity index (χ0v) is 14.5. The largest absolute Gasteiger partial charge is 0.454 e. The number of aromatic nitrogens is 2. The van der Waals surface area contributed by atoms with Gasteiger partial charge in [0.2, 0.25) is 0 Å². The van der Waals surface area contributed by atoms with Gasteiger partial charge in [0, 0.05) is 24.4 Å². The number of hydrogen-bond donors (Lipinski definition) is 1. The van der Waals surface area contributed by atoms with E-state index < -0.39 is 0 Å². The number of carbonyl (C=O) groups is 2. The molecule has 1 N–H and O–H groups in total. The Morgan fingerprint density at radius 2 is 1.85 bits per heavy atom. The fourth-order valence-corrected chi connectivity index (χ4v) is 3.07. The average Bonchev–Trinajstić information content (AvgIpc) is 2.73. The molecule has 0 spiro atoms. The van der Waals surface area contributed by atoms with Crippen molar-refractivity contribution in [3.05, 3.63) is 95.1 Å². The lowest BCUT2D eigenvalue weighted by molar-refractivity contribution is 0.0252. The Morgan fingerprint density at radius 3 is 2.63 bits per heavy atom. The van der Waals surface area contributed by atoms with E-state index in [0.717, 1.165) is 11.1 Å². The first-order valence-corrected chi connectivity index (χ1v) is 8.63. The lowest BCUT2D eigenvalue weighted by atomic mass is 9.93. The number of carbonyl (C=O) groups excluding carboxylic acids is 2. The Bertz CT molecular complexity index is 974. The van der Waals surface area contributed by atoms with E-state index in [1.165, 1.54) is 0 Å². The molecule has 1 aromatic heterocycles. The summed E-state index contributed by atoms with van der Waals surface area (Å²) in [4.78, 5) is 32.9.